The van der Waals surface area contributed by atoms with Gasteiger partial charge >= 0.3 is 18.1 Å². The van der Waals surface area contributed by atoms with Crippen LogP contribution in [0, 0.1) is 0 Å². The molecule has 0 aliphatic heterocycles. The van der Waals surface area contributed by atoms with Crippen LogP contribution in [0.2, 0.25) is 0 Å². The standard InChI is InChI=1S/C5H8N2O4.C3H7NO2/c1-3(8)2-4(9)11-7-5(6)10;1-2-6-3(4)5/h2H2,1H3,(H3,6,7,10);2H2,1H3,(H2,4,5). The van der Waals surface area contributed by atoms with E-state index in [-0.39, 0.29) is 12.2 Å². The Hall–Kier alpha value is -2.32. The summed E-state index contributed by atoms with van der Waals surface area (Å²) >= 11 is 0. The average Bonchev–Trinajstić information content (AvgIpc) is 2.14. The van der Waals surface area contributed by atoms with Crippen molar-refractivity contribution in [3.8, 4) is 0 Å². The Morgan fingerprint density at radius 2 is 1.71 bits per heavy atom. The minimum atomic E-state index is -0.984. The van der Waals surface area contributed by atoms with Crippen LogP contribution in [0.5, 0.6) is 0 Å². The van der Waals surface area contributed by atoms with Crippen LogP contribution < -0.4 is 16.9 Å². The SMILES string of the molecule is CC(=O)CC(=O)ONC(N)=O.CCOC(N)=O. The Kier molecular flexibility index (Phi) is 10.3. The third kappa shape index (κ3) is 19.9. The summed E-state index contributed by atoms with van der Waals surface area (Å²) in [6.07, 6.45) is -1.09. The second kappa shape index (κ2) is 10.2. The van der Waals surface area contributed by atoms with Crippen LogP contribution in [0.15, 0.2) is 0 Å². The molecule has 17 heavy (non-hydrogen) atoms. The molecule has 0 saturated heterocycles. The van der Waals surface area contributed by atoms with E-state index in [0.29, 0.717) is 6.61 Å². The lowest BCUT2D eigenvalue weighted by atomic mass is 10.3. The molecule has 0 fully saturated rings. The van der Waals surface area contributed by atoms with Crippen LogP contribution in [-0.4, -0.2) is 30.5 Å². The minimum absolute atomic E-state index is 0.346. The number of carbonyl (C=O) groups excluding carboxylic acids is 4. The molecule has 0 rings (SSSR count). The van der Waals surface area contributed by atoms with Crippen LogP contribution in [0.4, 0.5) is 9.59 Å². The van der Waals surface area contributed by atoms with Crippen LogP contribution in [0.3, 0.4) is 0 Å². The van der Waals surface area contributed by atoms with Gasteiger partial charge in [-0.2, -0.15) is 5.48 Å². The monoisotopic (exact) mass is 249 g/mol. The number of primary amides is 2. The van der Waals surface area contributed by atoms with Gasteiger partial charge in [-0.25, -0.2) is 14.4 Å². The number of ether oxygens (including phenoxy) is 1. The Labute approximate surface area is 97.4 Å². The normalized spacial score (nSPS) is 8.12. The van der Waals surface area contributed by atoms with Crippen molar-refractivity contribution in [2.45, 2.75) is 20.3 Å². The van der Waals surface area contributed by atoms with Crippen LogP contribution in [0.1, 0.15) is 20.3 Å². The summed E-state index contributed by atoms with van der Waals surface area (Å²) in [5.74, 6) is -1.18. The second-order valence-electron chi connectivity index (χ2n) is 2.57. The van der Waals surface area contributed by atoms with Gasteiger partial charge < -0.3 is 21.0 Å². The largest absolute Gasteiger partial charge is 0.450 e. The number of carbonyl (C=O) groups is 4. The molecule has 0 aliphatic carbocycles. The highest BCUT2D eigenvalue weighted by Crippen LogP contribution is 1.84. The third-order valence-corrected chi connectivity index (χ3v) is 0.945. The molecule has 0 aromatic heterocycles. The molecule has 0 aromatic carbocycles. The van der Waals surface area contributed by atoms with E-state index in [0.717, 1.165) is 0 Å². The fourth-order valence-corrected chi connectivity index (χ4v) is 0.489. The number of nitrogens with one attached hydrogen (secondary N) is 1. The lowest BCUT2D eigenvalue weighted by Crippen LogP contribution is -2.32. The first kappa shape index (κ1) is 17.1. The van der Waals surface area contributed by atoms with E-state index in [1.165, 1.54) is 6.92 Å². The number of Topliss-reactive ketones (excluding diaryl/α,β-unsaturated/α-hetero) is 1. The Morgan fingerprint density at radius 1 is 1.18 bits per heavy atom. The molecule has 98 valence electrons. The lowest BCUT2D eigenvalue weighted by molar-refractivity contribution is -0.150. The number of hydroxylamine groups is 1. The topological polar surface area (TPSA) is 151 Å². The van der Waals surface area contributed by atoms with Gasteiger partial charge in [-0.3, -0.25) is 4.79 Å². The van der Waals surface area contributed by atoms with Crippen molar-refractivity contribution in [2.75, 3.05) is 6.61 Å². The number of ketones is 1. The summed E-state index contributed by atoms with van der Waals surface area (Å²) in [6.45, 7) is 3.28. The van der Waals surface area contributed by atoms with Crippen LogP contribution >= 0.6 is 0 Å². The van der Waals surface area contributed by atoms with E-state index >= 15 is 0 Å². The first-order chi connectivity index (χ1) is 7.79. The Morgan fingerprint density at radius 3 is 1.94 bits per heavy atom. The number of urea groups is 1. The molecule has 3 amide bonds. The van der Waals surface area contributed by atoms with Crippen molar-refractivity contribution in [1.82, 2.24) is 5.48 Å². The van der Waals surface area contributed by atoms with Crippen molar-refractivity contribution in [1.29, 1.82) is 0 Å². The number of hydrogen-bond donors (Lipinski definition) is 3. The molecule has 0 bridgehead atoms. The van der Waals surface area contributed by atoms with Crippen molar-refractivity contribution in [3.63, 3.8) is 0 Å². The molecule has 9 heteroatoms. The van der Waals surface area contributed by atoms with Gasteiger partial charge in [0.05, 0.1) is 6.61 Å². The van der Waals surface area contributed by atoms with Crippen molar-refractivity contribution in [3.05, 3.63) is 0 Å². The zero-order valence-electron chi connectivity index (χ0n) is 9.52. The molecule has 0 saturated carbocycles. The van der Waals surface area contributed by atoms with E-state index < -0.39 is 18.1 Å². The van der Waals surface area contributed by atoms with Crippen LogP contribution in [-0.2, 0) is 19.2 Å². The highest BCUT2D eigenvalue weighted by atomic mass is 16.7. The molecule has 0 heterocycles. The molecule has 0 spiro atoms. The summed E-state index contributed by atoms with van der Waals surface area (Å²) in [4.78, 5) is 44.3. The first-order valence-corrected chi connectivity index (χ1v) is 4.46. The predicted octanol–water partition coefficient (Wildman–Crippen LogP) is -0.806. The van der Waals surface area contributed by atoms with E-state index in [1.807, 2.05) is 0 Å². The smallest absolute Gasteiger partial charge is 0.404 e. The van der Waals surface area contributed by atoms with Gasteiger partial charge in [0.2, 0.25) is 0 Å². The summed E-state index contributed by atoms with van der Waals surface area (Å²) in [5.41, 5.74) is 10.7. The fraction of sp³-hybridized carbons (Fsp3) is 0.500. The lowest BCUT2D eigenvalue weighted by Gasteiger charge is -1.99. The van der Waals surface area contributed by atoms with Gasteiger partial charge in [-0.05, 0) is 13.8 Å². The van der Waals surface area contributed by atoms with Gasteiger partial charge in [0.1, 0.15) is 12.2 Å². The maximum absolute atomic E-state index is 10.4. The number of amides is 3. The van der Waals surface area contributed by atoms with Gasteiger partial charge in [0, 0.05) is 0 Å². The molecule has 9 nitrogen and oxygen atoms in total. The highest BCUT2D eigenvalue weighted by molar-refractivity contribution is 5.94. The minimum Gasteiger partial charge on any atom is -0.450 e. The highest BCUT2D eigenvalue weighted by Gasteiger charge is 2.06. The second-order valence-corrected chi connectivity index (χ2v) is 2.57. The zero-order chi connectivity index (χ0) is 13.8. The zero-order valence-corrected chi connectivity index (χ0v) is 9.52. The summed E-state index contributed by atoms with van der Waals surface area (Å²) in [5, 5.41) is 0. The number of rotatable bonds is 3. The molecule has 0 unspecified atom stereocenters. The van der Waals surface area contributed by atoms with Gasteiger partial charge in [-0.15, -0.1) is 0 Å². The molecule has 0 atom stereocenters. The molecule has 5 N–H and O–H groups in total. The fourth-order valence-electron chi connectivity index (χ4n) is 0.489. The van der Waals surface area contributed by atoms with Gasteiger partial charge in [0.25, 0.3) is 0 Å². The molecule has 0 aliphatic rings. The van der Waals surface area contributed by atoms with E-state index in [4.69, 9.17) is 0 Å². The van der Waals surface area contributed by atoms with E-state index in [1.54, 1.807) is 12.4 Å². The maximum atomic E-state index is 10.4. The van der Waals surface area contributed by atoms with Gasteiger partial charge in [-0.1, -0.05) is 0 Å². The van der Waals surface area contributed by atoms with E-state index in [9.17, 15) is 19.2 Å². The number of hydrogen-bond acceptors (Lipinski definition) is 6. The predicted molar refractivity (Wildman–Crippen MR) is 55.3 cm³/mol. The Balaban J connectivity index is 0. The molecular formula is C8H15N3O6. The summed E-state index contributed by atoms with van der Waals surface area (Å²) in [7, 11) is 0. The van der Waals surface area contributed by atoms with Crippen LogP contribution in [0.25, 0.3) is 0 Å². The van der Waals surface area contributed by atoms with Crippen molar-refractivity contribution >= 4 is 23.9 Å². The summed E-state index contributed by atoms with van der Waals surface area (Å²) in [6, 6.07) is -0.984. The summed E-state index contributed by atoms with van der Waals surface area (Å²) < 4.78 is 4.18. The molecule has 0 aromatic rings. The third-order valence-electron chi connectivity index (χ3n) is 0.945. The number of nitrogens with two attached hydrogens (primary N) is 2. The average molecular weight is 249 g/mol. The quantitative estimate of drug-likeness (QED) is 0.439. The molecular weight excluding hydrogens is 234 g/mol. The van der Waals surface area contributed by atoms with Crippen molar-refractivity contribution in [2.24, 2.45) is 11.5 Å². The van der Waals surface area contributed by atoms with Gasteiger partial charge in [0.15, 0.2) is 0 Å². The molecule has 0 radical (unpaired) electrons. The Bertz CT molecular complexity index is 291. The first-order valence-electron chi connectivity index (χ1n) is 4.46. The maximum Gasteiger partial charge on any atom is 0.404 e. The van der Waals surface area contributed by atoms with E-state index in [2.05, 4.69) is 21.0 Å². The van der Waals surface area contributed by atoms with Crippen molar-refractivity contribution < 1.29 is 28.8 Å².